The molecule has 0 radical (unpaired) electrons. The predicted octanol–water partition coefficient (Wildman–Crippen LogP) is 4.13. The van der Waals surface area contributed by atoms with Crippen LogP contribution >= 0.6 is 22.7 Å². The quantitative estimate of drug-likeness (QED) is 0.669. The molecule has 0 atom stereocenters. The lowest BCUT2D eigenvalue weighted by atomic mass is 10.1. The molecule has 114 valence electrons. The molecular weight excluding hydrogens is 324 g/mol. The van der Waals surface area contributed by atoms with Gasteiger partial charge in [-0.25, -0.2) is 9.98 Å². The van der Waals surface area contributed by atoms with Crippen LogP contribution in [0.2, 0.25) is 0 Å². The predicted molar refractivity (Wildman–Crippen MR) is 97.7 cm³/mol. The molecule has 2 aliphatic heterocycles. The fourth-order valence-electron chi connectivity index (χ4n) is 3.29. The van der Waals surface area contributed by atoms with Crippen LogP contribution in [-0.4, -0.2) is 34.6 Å². The topological polar surface area (TPSA) is 40.9 Å². The molecule has 5 heterocycles. The number of thiophene rings is 2. The van der Waals surface area contributed by atoms with Crippen LogP contribution in [0, 0.1) is 13.8 Å². The second kappa shape index (κ2) is 4.72. The van der Waals surface area contributed by atoms with Crippen molar-refractivity contribution in [1.29, 1.82) is 0 Å². The van der Waals surface area contributed by atoms with Crippen LogP contribution in [0.25, 0.3) is 10.2 Å². The number of pyridine rings is 1. The maximum absolute atomic E-state index is 5.05. The molecule has 0 aromatic carbocycles. The summed E-state index contributed by atoms with van der Waals surface area (Å²) in [5, 5.41) is 3.28. The Bertz CT molecular complexity index is 995. The average Bonchev–Trinajstić information content (AvgIpc) is 3.24. The first-order valence-corrected chi connectivity index (χ1v) is 9.27. The van der Waals surface area contributed by atoms with Crippen LogP contribution in [0.1, 0.15) is 21.0 Å². The van der Waals surface area contributed by atoms with Crippen LogP contribution < -0.4 is 0 Å². The third-order valence-corrected chi connectivity index (χ3v) is 6.16. The van der Waals surface area contributed by atoms with Gasteiger partial charge in [0.05, 0.1) is 22.0 Å². The van der Waals surface area contributed by atoms with Crippen LogP contribution in [0.4, 0.5) is 5.69 Å². The molecular formula is C17H14N4S2. The molecule has 0 unspecified atom stereocenters. The number of aryl methyl sites for hydroxylation is 2. The van der Waals surface area contributed by atoms with Gasteiger partial charge >= 0.3 is 0 Å². The summed E-state index contributed by atoms with van der Waals surface area (Å²) >= 11 is 3.44. The van der Waals surface area contributed by atoms with Crippen molar-refractivity contribution < 1.29 is 0 Å². The minimum Gasteiger partial charge on any atom is -0.307 e. The van der Waals surface area contributed by atoms with Crippen LogP contribution in [0.3, 0.4) is 0 Å². The van der Waals surface area contributed by atoms with Gasteiger partial charge in [0.2, 0.25) is 0 Å². The van der Waals surface area contributed by atoms with E-state index in [1.54, 1.807) is 22.7 Å². The molecule has 23 heavy (non-hydrogen) atoms. The summed E-state index contributed by atoms with van der Waals surface area (Å²) in [6, 6.07) is 6.35. The van der Waals surface area contributed by atoms with Crippen molar-refractivity contribution in [3.05, 3.63) is 44.6 Å². The first kappa shape index (κ1) is 13.4. The Labute approximate surface area is 141 Å². The van der Waals surface area contributed by atoms with Gasteiger partial charge in [-0.1, -0.05) is 6.07 Å². The Morgan fingerprint density at radius 3 is 2.96 bits per heavy atom. The summed E-state index contributed by atoms with van der Waals surface area (Å²) in [4.78, 5) is 20.2. The minimum atomic E-state index is 0.832. The van der Waals surface area contributed by atoms with Gasteiger partial charge in [-0.05, 0) is 36.9 Å². The van der Waals surface area contributed by atoms with Gasteiger partial charge in [-0.2, -0.15) is 0 Å². The average molecular weight is 338 g/mol. The second-order valence-electron chi connectivity index (χ2n) is 5.81. The van der Waals surface area contributed by atoms with E-state index >= 15 is 0 Å². The maximum atomic E-state index is 5.05. The number of fused-ring (bicyclic) bond motifs is 5. The minimum absolute atomic E-state index is 0.832. The lowest BCUT2D eigenvalue weighted by molar-refractivity contribution is 0.665. The Kier molecular flexibility index (Phi) is 2.75. The van der Waals surface area contributed by atoms with Crippen molar-refractivity contribution in [1.82, 2.24) is 9.88 Å². The number of hydrogen-bond donors (Lipinski definition) is 0. The zero-order chi connectivity index (χ0) is 15.6. The highest BCUT2D eigenvalue weighted by atomic mass is 32.1. The molecule has 2 aliphatic rings. The Hall–Kier alpha value is -2.05. The van der Waals surface area contributed by atoms with E-state index in [2.05, 4.69) is 35.4 Å². The Morgan fingerprint density at radius 2 is 2.13 bits per heavy atom. The van der Waals surface area contributed by atoms with Crippen molar-refractivity contribution in [3.63, 3.8) is 0 Å². The second-order valence-corrected chi connectivity index (χ2v) is 7.76. The van der Waals surface area contributed by atoms with E-state index in [0.29, 0.717) is 0 Å². The fraction of sp³-hybridized carbons (Fsp3) is 0.235. The molecule has 5 rings (SSSR count). The largest absolute Gasteiger partial charge is 0.307 e. The summed E-state index contributed by atoms with van der Waals surface area (Å²) in [6.45, 7) is 5.93. The molecule has 0 amide bonds. The number of hydrogen-bond acceptors (Lipinski definition) is 6. The summed E-state index contributed by atoms with van der Waals surface area (Å²) < 4.78 is 0. The lowest BCUT2D eigenvalue weighted by Gasteiger charge is -2.25. The smallest absolute Gasteiger partial charge is 0.152 e. The van der Waals surface area contributed by atoms with Crippen molar-refractivity contribution in [3.8, 4) is 0 Å². The third kappa shape index (κ3) is 1.85. The third-order valence-electron chi connectivity index (χ3n) is 4.22. The highest BCUT2D eigenvalue weighted by Gasteiger charge is 2.33. The number of aromatic nitrogens is 1. The zero-order valence-corrected chi connectivity index (χ0v) is 14.5. The van der Waals surface area contributed by atoms with E-state index in [-0.39, 0.29) is 0 Å². The van der Waals surface area contributed by atoms with E-state index in [4.69, 9.17) is 15.0 Å². The normalized spacial score (nSPS) is 16.3. The van der Waals surface area contributed by atoms with Crippen molar-refractivity contribution in [2.45, 2.75) is 13.8 Å². The fourth-order valence-corrected chi connectivity index (χ4v) is 5.26. The maximum Gasteiger partial charge on any atom is 0.152 e. The number of nitrogens with zero attached hydrogens (tertiary/aromatic N) is 4. The van der Waals surface area contributed by atoms with Crippen LogP contribution in [-0.2, 0) is 0 Å². The molecule has 0 saturated carbocycles. The molecule has 3 aromatic rings. The van der Waals surface area contributed by atoms with Crippen molar-refractivity contribution in [2.24, 2.45) is 9.98 Å². The van der Waals surface area contributed by atoms with Gasteiger partial charge < -0.3 is 4.90 Å². The van der Waals surface area contributed by atoms with E-state index in [1.165, 1.54) is 20.7 Å². The molecule has 0 N–H and O–H groups in total. The Morgan fingerprint density at radius 1 is 1.22 bits per heavy atom. The monoisotopic (exact) mass is 338 g/mol. The summed E-state index contributed by atoms with van der Waals surface area (Å²) in [5.74, 6) is 2.10. The standard InChI is InChI=1S/C17H14N4S2/c1-9-8-10(2)19-17-12(9)13-14(23-17)16-18-5-6-21(16)15(20-13)11-4-3-7-22-11/h3-4,7-8H,5-6H2,1-2H3. The van der Waals surface area contributed by atoms with E-state index in [1.807, 2.05) is 6.92 Å². The van der Waals surface area contributed by atoms with Crippen LogP contribution in [0.15, 0.2) is 33.6 Å². The number of rotatable bonds is 1. The van der Waals surface area contributed by atoms with E-state index < -0.39 is 0 Å². The molecule has 0 bridgehead atoms. The SMILES string of the molecule is Cc1cc(C)c2c3c(sc2n1)C1=NCCN1C(c1cccs1)=N3. The van der Waals surface area contributed by atoms with E-state index in [0.717, 1.165) is 41.0 Å². The summed E-state index contributed by atoms with van der Waals surface area (Å²) in [7, 11) is 0. The lowest BCUT2D eigenvalue weighted by Crippen LogP contribution is -2.36. The number of amidine groups is 2. The van der Waals surface area contributed by atoms with Gasteiger partial charge in [0, 0.05) is 17.6 Å². The van der Waals surface area contributed by atoms with Gasteiger partial charge in [-0.15, -0.1) is 22.7 Å². The molecule has 0 saturated heterocycles. The molecule has 6 heteroatoms. The van der Waals surface area contributed by atoms with Gasteiger partial charge in [0.15, 0.2) is 5.84 Å². The first-order valence-electron chi connectivity index (χ1n) is 7.58. The van der Waals surface area contributed by atoms with Crippen molar-refractivity contribution in [2.75, 3.05) is 13.1 Å². The van der Waals surface area contributed by atoms with E-state index in [9.17, 15) is 0 Å². The summed E-state index contributed by atoms with van der Waals surface area (Å²) in [6.07, 6.45) is 0. The zero-order valence-electron chi connectivity index (χ0n) is 12.8. The highest BCUT2D eigenvalue weighted by Crippen LogP contribution is 2.43. The highest BCUT2D eigenvalue weighted by molar-refractivity contribution is 7.21. The van der Waals surface area contributed by atoms with Gasteiger partial charge in [-0.3, -0.25) is 4.99 Å². The van der Waals surface area contributed by atoms with Gasteiger partial charge in [0.1, 0.15) is 10.7 Å². The summed E-state index contributed by atoms with van der Waals surface area (Å²) in [5.41, 5.74) is 3.35. The molecule has 3 aromatic heterocycles. The van der Waals surface area contributed by atoms with Gasteiger partial charge in [0.25, 0.3) is 0 Å². The molecule has 0 fully saturated rings. The first-order chi connectivity index (χ1) is 11.2. The molecule has 4 nitrogen and oxygen atoms in total. The number of aliphatic imine (C=N–C) groups is 2. The molecule has 0 aliphatic carbocycles. The molecule has 0 spiro atoms. The van der Waals surface area contributed by atoms with Crippen LogP contribution in [0.5, 0.6) is 0 Å². The Balaban J connectivity index is 1.86. The van der Waals surface area contributed by atoms with Crippen molar-refractivity contribution >= 4 is 50.2 Å².